The number of nitrogens with zero attached hydrogens (tertiary/aromatic N) is 2. The molecule has 0 saturated carbocycles. The van der Waals surface area contributed by atoms with Crippen LogP contribution in [0.1, 0.15) is 19.8 Å². The SMILES string of the molecule is CCN(C)C(=O)CN1CCC[C@@H](N)C1. The molecule has 1 amide bonds. The van der Waals surface area contributed by atoms with Gasteiger partial charge in [-0.05, 0) is 26.3 Å². The molecule has 1 aliphatic rings. The number of rotatable bonds is 3. The van der Waals surface area contributed by atoms with Crippen molar-refractivity contribution in [3.63, 3.8) is 0 Å². The van der Waals surface area contributed by atoms with Crippen LogP contribution in [0.3, 0.4) is 0 Å². The molecular weight excluding hydrogens is 178 g/mol. The number of carbonyl (C=O) groups excluding carboxylic acids is 1. The van der Waals surface area contributed by atoms with Crippen molar-refractivity contribution < 1.29 is 4.79 Å². The summed E-state index contributed by atoms with van der Waals surface area (Å²) in [6, 6.07) is 0.253. The molecule has 0 aromatic rings. The standard InChI is InChI=1S/C10H21N3O/c1-3-12(2)10(14)8-13-6-4-5-9(11)7-13/h9H,3-8,11H2,1-2H3/t9-/m1/s1. The molecule has 1 aliphatic heterocycles. The topological polar surface area (TPSA) is 49.6 Å². The molecule has 1 atom stereocenters. The van der Waals surface area contributed by atoms with E-state index in [-0.39, 0.29) is 11.9 Å². The van der Waals surface area contributed by atoms with Crippen molar-refractivity contribution in [3.8, 4) is 0 Å². The fourth-order valence-electron chi connectivity index (χ4n) is 1.72. The van der Waals surface area contributed by atoms with E-state index in [0.29, 0.717) is 6.54 Å². The van der Waals surface area contributed by atoms with Crippen molar-refractivity contribution in [3.05, 3.63) is 0 Å². The average Bonchev–Trinajstić information content (AvgIpc) is 2.16. The van der Waals surface area contributed by atoms with Crippen LogP contribution in [0, 0.1) is 0 Å². The van der Waals surface area contributed by atoms with Crippen molar-refractivity contribution in [1.29, 1.82) is 0 Å². The van der Waals surface area contributed by atoms with E-state index in [1.807, 2.05) is 14.0 Å². The lowest BCUT2D eigenvalue weighted by molar-refractivity contribution is -0.131. The van der Waals surface area contributed by atoms with Gasteiger partial charge in [0, 0.05) is 26.2 Å². The zero-order chi connectivity index (χ0) is 10.6. The zero-order valence-electron chi connectivity index (χ0n) is 9.20. The van der Waals surface area contributed by atoms with Crippen molar-refractivity contribution in [2.75, 3.05) is 33.2 Å². The number of piperidine rings is 1. The Kier molecular flexibility index (Phi) is 4.35. The molecule has 0 aromatic carbocycles. The quantitative estimate of drug-likeness (QED) is 0.690. The lowest BCUT2D eigenvalue weighted by atomic mass is 10.1. The minimum absolute atomic E-state index is 0.196. The first-order chi connectivity index (χ1) is 6.63. The smallest absolute Gasteiger partial charge is 0.236 e. The van der Waals surface area contributed by atoms with Crippen LogP contribution in [-0.2, 0) is 4.79 Å². The zero-order valence-corrected chi connectivity index (χ0v) is 9.20. The molecule has 0 aromatic heterocycles. The highest BCUT2D eigenvalue weighted by Crippen LogP contribution is 2.07. The summed E-state index contributed by atoms with van der Waals surface area (Å²) in [6.07, 6.45) is 2.21. The van der Waals surface area contributed by atoms with Crippen LogP contribution in [0.2, 0.25) is 0 Å². The van der Waals surface area contributed by atoms with Gasteiger partial charge in [-0.15, -0.1) is 0 Å². The first-order valence-corrected chi connectivity index (χ1v) is 5.35. The molecule has 1 saturated heterocycles. The van der Waals surface area contributed by atoms with Gasteiger partial charge in [0.1, 0.15) is 0 Å². The minimum atomic E-state index is 0.196. The van der Waals surface area contributed by atoms with E-state index >= 15 is 0 Å². The van der Waals surface area contributed by atoms with Gasteiger partial charge in [-0.2, -0.15) is 0 Å². The molecule has 1 heterocycles. The van der Waals surface area contributed by atoms with Gasteiger partial charge in [-0.3, -0.25) is 9.69 Å². The number of likely N-dealkylation sites (tertiary alicyclic amines) is 1. The second-order valence-electron chi connectivity index (χ2n) is 4.05. The monoisotopic (exact) mass is 199 g/mol. The summed E-state index contributed by atoms with van der Waals surface area (Å²) in [7, 11) is 1.84. The summed E-state index contributed by atoms with van der Waals surface area (Å²) in [6.45, 7) is 5.16. The Morgan fingerprint density at radius 3 is 2.93 bits per heavy atom. The summed E-state index contributed by atoms with van der Waals surface area (Å²) < 4.78 is 0. The van der Waals surface area contributed by atoms with Crippen molar-refractivity contribution in [1.82, 2.24) is 9.80 Å². The Labute approximate surface area is 86.0 Å². The first kappa shape index (κ1) is 11.5. The highest BCUT2D eigenvalue weighted by Gasteiger charge is 2.19. The number of amides is 1. The normalized spacial score (nSPS) is 23.5. The third-order valence-corrected chi connectivity index (χ3v) is 2.80. The first-order valence-electron chi connectivity index (χ1n) is 5.35. The van der Waals surface area contributed by atoms with E-state index < -0.39 is 0 Å². The summed E-state index contributed by atoms with van der Waals surface area (Å²) in [5, 5.41) is 0. The Balaban J connectivity index is 2.32. The van der Waals surface area contributed by atoms with E-state index in [2.05, 4.69) is 4.90 Å². The molecular formula is C10H21N3O. The Morgan fingerprint density at radius 1 is 1.64 bits per heavy atom. The van der Waals surface area contributed by atoms with E-state index in [4.69, 9.17) is 5.73 Å². The van der Waals surface area contributed by atoms with Crippen LogP contribution < -0.4 is 5.73 Å². The molecule has 1 fully saturated rings. The van der Waals surface area contributed by atoms with Crippen LogP contribution >= 0.6 is 0 Å². The molecule has 0 radical (unpaired) electrons. The van der Waals surface area contributed by atoms with E-state index in [1.54, 1.807) is 4.90 Å². The predicted molar refractivity (Wildman–Crippen MR) is 57.0 cm³/mol. The maximum absolute atomic E-state index is 11.6. The Morgan fingerprint density at radius 2 is 2.36 bits per heavy atom. The molecule has 0 spiro atoms. The van der Waals surface area contributed by atoms with Gasteiger partial charge in [-0.25, -0.2) is 0 Å². The number of hydrogen-bond donors (Lipinski definition) is 1. The van der Waals surface area contributed by atoms with Gasteiger partial charge in [-0.1, -0.05) is 0 Å². The summed E-state index contributed by atoms with van der Waals surface area (Å²) in [4.78, 5) is 15.5. The van der Waals surface area contributed by atoms with E-state index in [0.717, 1.165) is 32.5 Å². The third-order valence-electron chi connectivity index (χ3n) is 2.80. The van der Waals surface area contributed by atoms with Gasteiger partial charge in [0.05, 0.1) is 6.54 Å². The van der Waals surface area contributed by atoms with Crippen LogP contribution in [0.4, 0.5) is 0 Å². The number of likely N-dealkylation sites (N-methyl/N-ethyl adjacent to an activating group) is 1. The summed E-state index contributed by atoms with van der Waals surface area (Å²) in [5.41, 5.74) is 5.84. The van der Waals surface area contributed by atoms with E-state index in [1.165, 1.54) is 0 Å². The van der Waals surface area contributed by atoms with Gasteiger partial charge in [0.2, 0.25) is 5.91 Å². The third kappa shape index (κ3) is 3.27. The lowest BCUT2D eigenvalue weighted by Gasteiger charge is -2.31. The predicted octanol–water partition coefficient (Wildman–Crippen LogP) is -0.112. The Hall–Kier alpha value is -0.610. The lowest BCUT2D eigenvalue weighted by Crippen LogP contribution is -2.47. The fraction of sp³-hybridized carbons (Fsp3) is 0.900. The minimum Gasteiger partial charge on any atom is -0.345 e. The van der Waals surface area contributed by atoms with Crippen molar-refractivity contribution in [2.45, 2.75) is 25.8 Å². The number of hydrogen-bond acceptors (Lipinski definition) is 3. The molecule has 0 aliphatic carbocycles. The molecule has 4 nitrogen and oxygen atoms in total. The van der Waals surface area contributed by atoms with Gasteiger partial charge < -0.3 is 10.6 Å². The maximum Gasteiger partial charge on any atom is 0.236 e. The molecule has 2 N–H and O–H groups in total. The van der Waals surface area contributed by atoms with Gasteiger partial charge >= 0.3 is 0 Å². The average molecular weight is 199 g/mol. The van der Waals surface area contributed by atoms with Crippen LogP contribution in [0.25, 0.3) is 0 Å². The fourth-order valence-corrected chi connectivity index (χ4v) is 1.72. The second-order valence-corrected chi connectivity index (χ2v) is 4.05. The van der Waals surface area contributed by atoms with E-state index in [9.17, 15) is 4.79 Å². The molecule has 14 heavy (non-hydrogen) atoms. The van der Waals surface area contributed by atoms with Crippen LogP contribution in [0.5, 0.6) is 0 Å². The molecule has 0 bridgehead atoms. The maximum atomic E-state index is 11.6. The largest absolute Gasteiger partial charge is 0.345 e. The van der Waals surface area contributed by atoms with Gasteiger partial charge in [0.15, 0.2) is 0 Å². The number of carbonyl (C=O) groups is 1. The summed E-state index contributed by atoms with van der Waals surface area (Å²) in [5.74, 6) is 0.196. The molecule has 0 unspecified atom stereocenters. The molecule has 1 rings (SSSR count). The molecule has 82 valence electrons. The second kappa shape index (κ2) is 5.32. The van der Waals surface area contributed by atoms with Gasteiger partial charge in [0.25, 0.3) is 0 Å². The Bertz CT molecular complexity index is 196. The highest BCUT2D eigenvalue weighted by atomic mass is 16.2. The summed E-state index contributed by atoms with van der Waals surface area (Å²) >= 11 is 0. The van der Waals surface area contributed by atoms with Crippen LogP contribution in [-0.4, -0.2) is 55.0 Å². The highest BCUT2D eigenvalue weighted by molar-refractivity contribution is 5.77. The van der Waals surface area contributed by atoms with Crippen molar-refractivity contribution in [2.24, 2.45) is 5.73 Å². The van der Waals surface area contributed by atoms with Crippen molar-refractivity contribution >= 4 is 5.91 Å². The van der Waals surface area contributed by atoms with Crippen LogP contribution in [0.15, 0.2) is 0 Å². The molecule has 4 heteroatoms. The number of nitrogens with two attached hydrogens (primary N) is 1.